The number of hydrogen-bond acceptors (Lipinski definition) is 2. The summed E-state index contributed by atoms with van der Waals surface area (Å²) < 4.78 is 0. The molecular weight excluding hydrogens is 202 g/mol. The van der Waals surface area contributed by atoms with Gasteiger partial charge in [-0.2, -0.15) is 0 Å². The first kappa shape index (κ1) is 11.0. The van der Waals surface area contributed by atoms with Crippen molar-refractivity contribution < 1.29 is 0 Å². The molecule has 0 spiro atoms. The van der Waals surface area contributed by atoms with Crippen LogP contribution in [0, 0.1) is 0 Å². The molecule has 13 heavy (non-hydrogen) atoms. The standard InChI is InChI=1S/C10H16ClNS/c1-2-3-4-5-12-7-10-6-9(11)8-13-10/h6,8,12H,2-5,7H2,1H3. The van der Waals surface area contributed by atoms with E-state index >= 15 is 0 Å². The second-order valence-corrected chi connectivity index (χ2v) is 4.55. The van der Waals surface area contributed by atoms with E-state index in [4.69, 9.17) is 11.6 Å². The fraction of sp³-hybridized carbons (Fsp3) is 0.600. The molecule has 1 nitrogen and oxygen atoms in total. The molecule has 3 heteroatoms. The highest BCUT2D eigenvalue weighted by Gasteiger charge is 1.96. The third-order valence-corrected chi connectivity index (χ3v) is 3.16. The van der Waals surface area contributed by atoms with Crippen molar-refractivity contribution in [2.75, 3.05) is 6.54 Å². The molecule has 0 amide bonds. The first-order valence-corrected chi connectivity index (χ1v) is 6.02. The van der Waals surface area contributed by atoms with E-state index in [9.17, 15) is 0 Å². The molecule has 0 aliphatic rings. The molecule has 0 unspecified atom stereocenters. The van der Waals surface area contributed by atoms with E-state index in [1.54, 1.807) is 11.3 Å². The van der Waals surface area contributed by atoms with Gasteiger partial charge in [-0.05, 0) is 19.0 Å². The van der Waals surface area contributed by atoms with Crippen molar-refractivity contribution >= 4 is 22.9 Å². The van der Waals surface area contributed by atoms with Crippen molar-refractivity contribution in [3.05, 3.63) is 21.3 Å². The maximum absolute atomic E-state index is 5.81. The summed E-state index contributed by atoms with van der Waals surface area (Å²) in [5.41, 5.74) is 0. The maximum Gasteiger partial charge on any atom is 0.0516 e. The van der Waals surface area contributed by atoms with Crippen molar-refractivity contribution in [3.63, 3.8) is 0 Å². The summed E-state index contributed by atoms with van der Waals surface area (Å²) in [7, 11) is 0. The van der Waals surface area contributed by atoms with Crippen LogP contribution in [0.1, 0.15) is 31.1 Å². The van der Waals surface area contributed by atoms with E-state index in [-0.39, 0.29) is 0 Å². The molecule has 0 atom stereocenters. The van der Waals surface area contributed by atoms with Crippen molar-refractivity contribution in [1.82, 2.24) is 5.32 Å². The highest BCUT2D eigenvalue weighted by atomic mass is 35.5. The molecule has 1 heterocycles. The Kier molecular flexibility index (Phi) is 5.44. The van der Waals surface area contributed by atoms with Crippen LogP contribution in [-0.2, 0) is 6.54 Å². The highest BCUT2D eigenvalue weighted by molar-refractivity contribution is 7.10. The van der Waals surface area contributed by atoms with Gasteiger partial charge in [-0.15, -0.1) is 11.3 Å². The van der Waals surface area contributed by atoms with Crippen LogP contribution in [0.5, 0.6) is 0 Å². The van der Waals surface area contributed by atoms with Crippen molar-refractivity contribution in [2.24, 2.45) is 0 Å². The molecule has 1 N–H and O–H groups in total. The molecule has 74 valence electrons. The van der Waals surface area contributed by atoms with Crippen LogP contribution < -0.4 is 5.32 Å². The van der Waals surface area contributed by atoms with Crippen LogP contribution in [0.25, 0.3) is 0 Å². The smallest absolute Gasteiger partial charge is 0.0516 e. The Balaban J connectivity index is 2.06. The minimum absolute atomic E-state index is 0.857. The molecule has 0 fully saturated rings. The highest BCUT2D eigenvalue weighted by Crippen LogP contribution is 2.18. The number of halogens is 1. The van der Waals surface area contributed by atoms with E-state index in [0.717, 1.165) is 18.1 Å². The molecule has 0 saturated heterocycles. The van der Waals surface area contributed by atoms with Crippen LogP contribution in [0.2, 0.25) is 5.02 Å². The zero-order chi connectivity index (χ0) is 9.52. The predicted octanol–water partition coefficient (Wildman–Crippen LogP) is 3.68. The summed E-state index contributed by atoms with van der Waals surface area (Å²) in [4.78, 5) is 1.32. The average molecular weight is 218 g/mol. The zero-order valence-electron chi connectivity index (χ0n) is 7.98. The van der Waals surface area contributed by atoms with Crippen molar-refractivity contribution in [2.45, 2.75) is 32.7 Å². The zero-order valence-corrected chi connectivity index (χ0v) is 9.55. The average Bonchev–Trinajstić information content (AvgIpc) is 2.51. The Morgan fingerprint density at radius 1 is 1.46 bits per heavy atom. The summed E-state index contributed by atoms with van der Waals surface area (Å²) in [6.07, 6.45) is 3.88. The quantitative estimate of drug-likeness (QED) is 0.717. The van der Waals surface area contributed by atoms with Gasteiger partial charge in [-0.1, -0.05) is 31.4 Å². The van der Waals surface area contributed by atoms with Gasteiger partial charge in [0.05, 0.1) is 5.02 Å². The molecule has 0 aliphatic heterocycles. The Hall–Kier alpha value is -0.0500. The number of rotatable bonds is 6. The molecule has 0 aliphatic carbocycles. The lowest BCUT2D eigenvalue weighted by atomic mass is 10.2. The van der Waals surface area contributed by atoms with Crippen molar-refractivity contribution in [3.8, 4) is 0 Å². The second kappa shape index (κ2) is 6.41. The van der Waals surface area contributed by atoms with E-state index in [1.165, 1.54) is 24.1 Å². The summed E-state index contributed by atoms with van der Waals surface area (Å²) in [5.74, 6) is 0. The largest absolute Gasteiger partial charge is 0.312 e. The predicted molar refractivity (Wildman–Crippen MR) is 60.6 cm³/mol. The fourth-order valence-electron chi connectivity index (χ4n) is 1.16. The van der Waals surface area contributed by atoms with E-state index in [2.05, 4.69) is 12.2 Å². The van der Waals surface area contributed by atoms with Crippen LogP contribution in [0.15, 0.2) is 11.4 Å². The van der Waals surface area contributed by atoms with E-state index in [0.29, 0.717) is 0 Å². The lowest BCUT2D eigenvalue weighted by Gasteiger charge is -2.01. The first-order chi connectivity index (χ1) is 6.33. The summed E-state index contributed by atoms with van der Waals surface area (Å²) in [6.45, 7) is 4.30. The first-order valence-electron chi connectivity index (χ1n) is 4.76. The molecule has 0 saturated carbocycles. The fourth-order valence-corrected chi connectivity index (χ4v) is 2.20. The number of thiophene rings is 1. The Bertz CT molecular complexity index is 235. The summed E-state index contributed by atoms with van der Waals surface area (Å²) >= 11 is 7.52. The van der Waals surface area contributed by atoms with Gasteiger partial charge in [0.25, 0.3) is 0 Å². The number of hydrogen-bond donors (Lipinski definition) is 1. The summed E-state index contributed by atoms with van der Waals surface area (Å²) in [6, 6.07) is 2.03. The van der Waals surface area contributed by atoms with Crippen molar-refractivity contribution in [1.29, 1.82) is 0 Å². The molecule has 0 bridgehead atoms. The molecule has 1 aromatic rings. The lowest BCUT2D eigenvalue weighted by Crippen LogP contribution is -2.13. The topological polar surface area (TPSA) is 12.0 Å². The van der Waals surface area contributed by atoms with Crippen LogP contribution >= 0.6 is 22.9 Å². The minimum atomic E-state index is 0.857. The van der Waals surface area contributed by atoms with Gasteiger partial charge in [-0.25, -0.2) is 0 Å². The second-order valence-electron chi connectivity index (χ2n) is 3.12. The normalized spacial score (nSPS) is 10.6. The Morgan fingerprint density at radius 3 is 2.92 bits per heavy atom. The molecule has 0 aromatic carbocycles. The van der Waals surface area contributed by atoms with E-state index < -0.39 is 0 Å². The van der Waals surface area contributed by atoms with Gasteiger partial charge < -0.3 is 5.32 Å². The Labute approximate surface area is 89.1 Å². The summed E-state index contributed by atoms with van der Waals surface area (Å²) in [5, 5.41) is 6.24. The minimum Gasteiger partial charge on any atom is -0.312 e. The van der Waals surface area contributed by atoms with Crippen LogP contribution in [0.3, 0.4) is 0 Å². The third kappa shape index (κ3) is 4.65. The lowest BCUT2D eigenvalue weighted by molar-refractivity contribution is 0.620. The Morgan fingerprint density at radius 2 is 2.31 bits per heavy atom. The van der Waals surface area contributed by atoms with Gasteiger partial charge in [-0.3, -0.25) is 0 Å². The molecule has 1 rings (SSSR count). The third-order valence-electron chi connectivity index (χ3n) is 1.88. The van der Waals surface area contributed by atoms with Crippen LogP contribution in [-0.4, -0.2) is 6.54 Å². The molecular formula is C10H16ClNS. The number of unbranched alkanes of at least 4 members (excludes halogenated alkanes) is 2. The monoisotopic (exact) mass is 217 g/mol. The maximum atomic E-state index is 5.81. The van der Waals surface area contributed by atoms with E-state index in [1.807, 2.05) is 11.4 Å². The van der Waals surface area contributed by atoms with Gasteiger partial charge in [0.15, 0.2) is 0 Å². The molecule has 1 aromatic heterocycles. The number of nitrogens with one attached hydrogen (secondary N) is 1. The van der Waals surface area contributed by atoms with Gasteiger partial charge in [0.2, 0.25) is 0 Å². The molecule has 0 radical (unpaired) electrons. The van der Waals surface area contributed by atoms with Gasteiger partial charge >= 0.3 is 0 Å². The van der Waals surface area contributed by atoms with Gasteiger partial charge in [0, 0.05) is 16.8 Å². The SMILES string of the molecule is CCCCCNCc1cc(Cl)cs1. The van der Waals surface area contributed by atoms with Crippen LogP contribution in [0.4, 0.5) is 0 Å². The van der Waals surface area contributed by atoms with Gasteiger partial charge in [0.1, 0.15) is 0 Å².